The molecule has 0 heterocycles. The summed E-state index contributed by atoms with van der Waals surface area (Å²) >= 11 is 0. The SMILES string of the molecule is CCNC(=O)CNC(=O)C[NH2+][C@H](C)c1ccccc1. The van der Waals surface area contributed by atoms with E-state index in [2.05, 4.69) is 10.6 Å². The number of carbonyl (C=O) groups is 2. The molecule has 5 heteroatoms. The van der Waals surface area contributed by atoms with Crippen molar-refractivity contribution >= 4 is 11.8 Å². The molecule has 0 saturated heterocycles. The number of hydrogen-bond donors (Lipinski definition) is 3. The number of hydrogen-bond acceptors (Lipinski definition) is 2. The third-order valence-electron chi connectivity index (χ3n) is 2.80. The highest BCUT2D eigenvalue weighted by Crippen LogP contribution is 2.05. The van der Waals surface area contributed by atoms with Crippen LogP contribution in [0.2, 0.25) is 0 Å². The molecule has 0 aliphatic carbocycles. The van der Waals surface area contributed by atoms with Crippen molar-refractivity contribution in [2.45, 2.75) is 19.9 Å². The van der Waals surface area contributed by atoms with Gasteiger partial charge in [-0.3, -0.25) is 9.59 Å². The molecule has 0 bridgehead atoms. The van der Waals surface area contributed by atoms with Crippen LogP contribution in [0.3, 0.4) is 0 Å². The minimum absolute atomic E-state index is 0.0419. The van der Waals surface area contributed by atoms with Crippen LogP contribution >= 0.6 is 0 Å². The molecule has 4 N–H and O–H groups in total. The smallest absolute Gasteiger partial charge is 0.275 e. The zero-order valence-electron chi connectivity index (χ0n) is 11.5. The molecule has 0 saturated carbocycles. The predicted octanol–water partition coefficient (Wildman–Crippen LogP) is -0.437. The van der Waals surface area contributed by atoms with E-state index in [1.165, 1.54) is 5.56 Å². The van der Waals surface area contributed by atoms with Crippen molar-refractivity contribution in [1.82, 2.24) is 10.6 Å². The molecule has 0 aromatic heterocycles. The Kier molecular flexibility index (Phi) is 6.60. The van der Waals surface area contributed by atoms with E-state index in [4.69, 9.17) is 0 Å². The zero-order chi connectivity index (χ0) is 14.1. The first-order chi connectivity index (χ1) is 9.13. The minimum Gasteiger partial charge on any atom is -0.355 e. The Morgan fingerprint density at radius 1 is 1.16 bits per heavy atom. The topological polar surface area (TPSA) is 74.8 Å². The maximum Gasteiger partial charge on any atom is 0.275 e. The van der Waals surface area contributed by atoms with Gasteiger partial charge < -0.3 is 16.0 Å². The van der Waals surface area contributed by atoms with E-state index in [1.54, 1.807) is 0 Å². The van der Waals surface area contributed by atoms with Gasteiger partial charge in [0.2, 0.25) is 5.91 Å². The number of amides is 2. The Morgan fingerprint density at radius 2 is 1.84 bits per heavy atom. The van der Waals surface area contributed by atoms with Crippen LogP contribution in [0.25, 0.3) is 0 Å². The van der Waals surface area contributed by atoms with Crippen LogP contribution in [0.15, 0.2) is 30.3 Å². The van der Waals surface area contributed by atoms with Gasteiger partial charge in [-0.1, -0.05) is 30.3 Å². The molecule has 0 aliphatic rings. The Balaban J connectivity index is 2.25. The van der Waals surface area contributed by atoms with Gasteiger partial charge >= 0.3 is 0 Å². The quantitative estimate of drug-likeness (QED) is 0.625. The van der Waals surface area contributed by atoms with E-state index in [-0.39, 0.29) is 24.4 Å². The fraction of sp³-hybridized carbons (Fsp3) is 0.429. The second-order valence-corrected chi connectivity index (χ2v) is 4.37. The molecule has 0 fully saturated rings. The minimum atomic E-state index is -0.160. The second-order valence-electron chi connectivity index (χ2n) is 4.37. The van der Waals surface area contributed by atoms with Crippen molar-refractivity contribution < 1.29 is 14.9 Å². The van der Waals surface area contributed by atoms with Gasteiger partial charge in [0, 0.05) is 12.1 Å². The number of rotatable bonds is 7. The second kappa shape index (κ2) is 8.26. The summed E-state index contributed by atoms with van der Waals surface area (Å²) in [6.45, 7) is 4.82. The van der Waals surface area contributed by atoms with Gasteiger partial charge in [-0.15, -0.1) is 0 Å². The van der Waals surface area contributed by atoms with E-state index in [0.29, 0.717) is 13.1 Å². The first kappa shape index (κ1) is 15.2. The lowest BCUT2D eigenvalue weighted by Gasteiger charge is -2.11. The normalized spacial score (nSPS) is 11.7. The first-order valence-electron chi connectivity index (χ1n) is 6.55. The van der Waals surface area contributed by atoms with Crippen LogP contribution in [0, 0.1) is 0 Å². The van der Waals surface area contributed by atoms with Crippen molar-refractivity contribution in [2.75, 3.05) is 19.6 Å². The summed E-state index contributed by atoms with van der Waals surface area (Å²) in [5.41, 5.74) is 1.18. The Morgan fingerprint density at radius 3 is 2.47 bits per heavy atom. The summed E-state index contributed by atoms with van der Waals surface area (Å²) in [4.78, 5) is 22.7. The third kappa shape index (κ3) is 6.01. The van der Waals surface area contributed by atoms with Gasteiger partial charge in [0.05, 0.1) is 6.54 Å². The van der Waals surface area contributed by atoms with E-state index < -0.39 is 0 Å². The average Bonchev–Trinajstić information content (AvgIpc) is 2.44. The summed E-state index contributed by atoms with van der Waals surface area (Å²) in [6, 6.07) is 10.2. The number of benzene rings is 1. The molecule has 1 aromatic carbocycles. The zero-order valence-corrected chi connectivity index (χ0v) is 11.5. The highest BCUT2D eigenvalue weighted by Gasteiger charge is 2.11. The van der Waals surface area contributed by atoms with Gasteiger partial charge in [0.15, 0.2) is 6.54 Å². The number of carbonyl (C=O) groups excluding carboxylic acids is 2. The molecular formula is C14H22N3O2+. The van der Waals surface area contributed by atoms with Crippen LogP contribution in [0.4, 0.5) is 0 Å². The van der Waals surface area contributed by atoms with Crippen LogP contribution < -0.4 is 16.0 Å². The van der Waals surface area contributed by atoms with E-state index >= 15 is 0 Å². The summed E-state index contributed by atoms with van der Waals surface area (Å²) < 4.78 is 0. The molecule has 1 rings (SSSR count). The molecule has 19 heavy (non-hydrogen) atoms. The summed E-state index contributed by atoms with van der Waals surface area (Å²) in [5, 5.41) is 7.17. The molecule has 2 amide bonds. The van der Waals surface area contributed by atoms with Gasteiger partial charge in [0.25, 0.3) is 5.91 Å². The Bertz CT molecular complexity index is 406. The van der Waals surface area contributed by atoms with Crippen LogP contribution in [-0.4, -0.2) is 31.4 Å². The van der Waals surface area contributed by atoms with Crippen molar-refractivity contribution in [3.05, 3.63) is 35.9 Å². The molecule has 0 spiro atoms. The van der Waals surface area contributed by atoms with Gasteiger partial charge in [-0.05, 0) is 13.8 Å². The predicted molar refractivity (Wildman–Crippen MR) is 73.3 cm³/mol. The summed E-state index contributed by atoms with van der Waals surface area (Å²) in [5.74, 6) is -0.291. The van der Waals surface area contributed by atoms with Crippen LogP contribution in [0.5, 0.6) is 0 Å². The molecule has 0 aliphatic heterocycles. The number of quaternary nitrogens is 1. The maximum absolute atomic E-state index is 11.6. The molecule has 1 aromatic rings. The maximum atomic E-state index is 11.6. The van der Waals surface area contributed by atoms with Gasteiger partial charge in [-0.2, -0.15) is 0 Å². The van der Waals surface area contributed by atoms with Crippen LogP contribution in [0.1, 0.15) is 25.5 Å². The Labute approximate surface area is 113 Å². The van der Waals surface area contributed by atoms with Crippen LogP contribution in [-0.2, 0) is 9.59 Å². The fourth-order valence-electron chi connectivity index (χ4n) is 1.69. The first-order valence-corrected chi connectivity index (χ1v) is 6.55. The third-order valence-corrected chi connectivity index (χ3v) is 2.80. The van der Waals surface area contributed by atoms with Gasteiger partial charge in [0.1, 0.15) is 6.04 Å². The standard InChI is InChI=1S/C14H21N3O2/c1-3-15-13(18)10-17-14(19)9-16-11(2)12-7-5-4-6-8-12/h4-8,11,16H,3,9-10H2,1-2H3,(H,15,18)(H,17,19)/p+1/t11-/m1/s1. The Hall–Kier alpha value is -1.88. The fourth-order valence-corrected chi connectivity index (χ4v) is 1.69. The van der Waals surface area contributed by atoms with Crippen molar-refractivity contribution in [1.29, 1.82) is 0 Å². The summed E-state index contributed by atoms with van der Waals surface area (Å²) in [6.07, 6.45) is 0. The molecular weight excluding hydrogens is 242 g/mol. The van der Waals surface area contributed by atoms with Crippen molar-refractivity contribution in [3.8, 4) is 0 Å². The molecule has 0 radical (unpaired) electrons. The van der Waals surface area contributed by atoms with Crippen molar-refractivity contribution in [2.24, 2.45) is 0 Å². The monoisotopic (exact) mass is 264 g/mol. The van der Waals surface area contributed by atoms with Crippen molar-refractivity contribution in [3.63, 3.8) is 0 Å². The average molecular weight is 264 g/mol. The van der Waals surface area contributed by atoms with E-state index in [0.717, 1.165) is 0 Å². The number of likely N-dealkylation sites (N-methyl/N-ethyl adjacent to an activating group) is 1. The number of nitrogens with two attached hydrogens (primary N) is 1. The van der Waals surface area contributed by atoms with E-state index in [9.17, 15) is 9.59 Å². The highest BCUT2D eigenvalue weighted by molar-refractivity contribution is 5.84. The highest BCUT2D eigenvalue weighted by atomic mass is 16.2. The summed E-state index contributed by atoms with van der Waals surface area (Å²) in [7, 11) is 0. The lowest BCUT2D eigenvalue weighted by atomic mass is 10.1. The molecule has 104 valence electrons. The van der Waals surface area contributed by atoms with E-state index in [1.807, 2.05) is 49.5 Å². The van der Waals surface area contributed by atoms with Gasteiger partial charge in [-0.25, -0.2) is 0 Å². The molecule has 0 unspecified atom stereocenters. The lowest BCUT2D eigenvalue weighted by Crippen LogP contribution is -2.87. The molecule has 1 atom stereocenters. The largest absolute Gasteiger partial charge is 0.355 e. The number of nitrogens with one attached hydrogen (secondary N) is 2. The molecule has 5 nitrogen and oxygen atoms in total. The lowest BCUT2D eigenvalue weighted by molar-refractivity contribution is -0.682.